The molecule has 18 heavy (non-hydrogen) atoms. The second-order valence-electron chi connectivity index (χ2n) is 5.63. The maximum Gasteiger partial charge on any atom is 0.0620 e. The molecule has 1 aliphatic heterocycles. The maximum atomic E-state index is 10.0. The third kappa shape index (κ3) is 2.44. The lowest BCUT2D eigenvalue weighted by Gasteiger charge is -2.35. The molecule has 1 aliphatic carbocycles. The number of thioether (sulfide) groups is 1. The highest BCUT2D eigenvalue weighted by atomic mass is 32.2. The zero-order valence-electron chi connectivity index (χ0n) is 10.9. The van der Waals surface area contributed by atoms with E-state index in [-0.39, 0.29) is 6.10 Å². The SMILES string of the molecule is CSc1cccc(CN2C[C@H]3CC[C@@H](C2)C3O)c1. The van der Waals surface area contributed by atoms with E-state index in [0.29, 0.717) is 11.8 Å². The third-order valence-electron chi connectivity index (χ3n) is 4.40. The van der Waals surface area contributed by atoms with E-state index in [4.69, 9.17) is 0 Å². The van der Waals surface area contributed by atoms with Gasteiger partial charge in [-0.25, -0.2) is 0 Å². The Balaban J connectivity index is 1.66. The van der Waals surface area contributed by atoms with Gasteiger partial charge in [-0.2, -0.15) is 0 Å². The molecule has 1 saturated heterocycles. The smallest absolute Gasteiger partial charge is 0.0620 e. The average molecular weight is 263 g/mol. The molecule has 2 nitrogen and oxygen atoms in total. The van der Waals surface area contributed by atoms with Crippen molar-refractivity contribution in [2.75, 3.05) is 19.3 Å². The van der Waals surface area contributed by atoms with E-state index in [1.165, 1.54) is 23.3 Å². The summed E-state index contributed by atoms with van der Waals surface area (Å²) < 4.78 is 0. The van der Waals surface area contributed by atoms with Gasteiger partial charge < -0.3 is 5.11 Å². The van der Waals surface area contributed by atoms with Gasteiger partial charge in [-0.15, -0.1) is 11.8 Å². The molecule has 98 valence electrons. The van der Waals surface area contributed by atoms with Crippen LogP contribution in [0.1, 0.15) is 18.4 Å². The Hall–Kier alpha value is -0.510. The van der Waals surface area contributed by atoms with Crippen LogP contribution >= 0.6 is 11.8 Å². The third-order valence-corrected chi connectivity index (χ3v) is 5.13. The van der Waals surface area contributed by atoms with Crippen molar-refractivity contribution < 1.29 is 5.11 Å². The molecule has 3 rings (SSSR count). The standard InChI is InChI=1S/C15H21NOS/c1-18-14-4-2-3-11(7-14)8-16-9-12-5-6-13(10-16)15(12)17/h2-4,7,12-13,15,17H,5-6,8-10H2,1H3/t12-,13+,15?. The largest absolute Gasteiger partial charge is 0.392 e. The number of rotatable bonds is 3. The summed E-state index contributed by atoms with van der Waals surface area (Å²) in [6.07, 6.45) is 4.52. The van der Waals surface area contributed by atoms with E-state index in [2.05, 4.69) is 35.4 Å². The van der Waals surface area contributed by atoms with Gasteiger partial charge in [0.15, 0.2) is 0 Å². The Morgan fingerprint density at radius 2 is 2.00 bits per heavy atom. The minimum Gasteiger partial charge on any atom is -0.392 e. The van der Waals surface area contributed by atoms with E-state index in [1.54, 1.807) is 11.8 Å². The monoisotopic (exact) mass is 263 g/mol. The zero-order valence-corrected chi connectivity index (χ0v) is 11.7. The summed E-state index contributed by atoms with van der Waals surface area (Å²) in [6, 6.07) is 8.82. The quantitative estimate of drug-likeness (QED) is 0.848. The fraction of sp³-hybridized carbons (Fsp3) is 0.600. The van der Waals surface area contributed by atoms with Crippen molar-refractivity contribution in [1.29, 1.82) is 0 Å². The molecule has 1 unspecified atom stereocenters. The highest BCUT2D eigenvalue weighted by molar-refractivity contribution is 7.98. The normalized spacial score (nSPS) is 31.8. The van der Waals surface area contributed by atoms with Crippen molar-refractivity contribution in [1.82, 2.24) is 4.90 Å². The molecule has 2 bridgehead atoms. The number of aliphatic hydroxyl groups is 1. The molecule has 2 fully saturated rings. The van der Waals surface area contributed by atoms with Crippen LogP contribution in [0.3, 0.4) is 0 Å². The Bertz CT molecular complexity index is 409. The van der Waals surface area contributed by atoms with Gasteiger partial charge in [-0.3, -0.25) is 4.90 Å². The van der Waals surface area contributed by atoms with Gasteiger partial charge in [-0.1, -0.05) is 12.1 Å². The number of likely N-dealkylation sites (tertiary alicyclic amines) is 1. The zero-order chi connectivity index (χ0) is 12.5. The van der Waals surface area contributed by atoms with Gasteiger partial charge in [0, 0.05) is 24.5 Å². The molecule has 0 spiro atoms. The molecule has 3 heteroatoms. The summed E-state index contributed by atoms with van der Waals surface area (Å²) in [6.45, 7) is 3.18. The number of hydrogen-bond donors (Lipinski definition) is 1. The summed E-state index contributed by atoms with van der Waals surface area (Å²) >= 11 is 1.80. The predicted octanol–water partition coefficient (Wildman–Crippen LogP) is 2.61. The first-order valence-corrected chi connectivity index (χ1v) is 8.02. The van der Waals surface area contributed by atoms with Crippen LogP contribution in [0.5, 0.6) is 0 Å². The first kappa shape index (κ1) is 12.5. The van der Waals surface area contributed by atoms with Crippen molar-refractivity contribution in [2.24, 2.45) is 11.8 Å². The minimum atomic E-state index is -0.0289. The number of aliphatic hydroxyl groups excluding tert-OH is 1. The van der Waals surface area contributed by atoms with Crippen LogP contribution < -0.4 is 0 Å². The first-order chi connectivity index (χ1) is 8.76. The number of fused-ring (bicyclic) bond motifs is 2. The minimum absolute atomic E-state index is 0.0289. The lowest BCUT2D eigenvalue weighted by Crippen LogP contribution is -2.44. The second-order valence-corrected chi connectivity index (χ2v) is 6.51. The van der Waals surface area contributed by atoms with Crippen LogP contribution in [0.25, 0.3) is 0 Å². The number of piperidine rings is 1. The summed E-state index contributed by atoms with van der Waals surface area (Å²) in [5.74, 6) is 1.04. The summed E-state index contributed by atoms with van der Waals surface area (Å²) in [5.41, 5.74) is 1.40. The van der Waals surface area contributed by atoms with Crippen LogP contribution in [-0.2, 0) is 6.54 Å². The fourth-order valence-electron chi connectivity index (χ4n) is 3.45. The van der Waals surface area contributed by atoms with Crippen LogP contribution in [-0.4, -0.2) is 35.5 Å². The Morgan fingerprint density at radius 3 is 2.67 bits per heavy atom. The molecule has 0 radical (unpaired) electrons. The highest BCUT2D eigenvalue weighted by Gasteiger charge is 2.40. The van der Waals surface area contributed by atoms with Gasteiger partial charge in [0.25, 0.3) is 0 Å². The molecule has 1 aromatic carbocycles. The summed E-state index contributed by atoms with van der Waals surface area (Å²) in [5, 5.41) is 10.0. The molecule has 0 aromatic heterocycles. The molecule has 2 aliphatic rings. The van der Waals surface area contributed by atoms with Crippen molar-refractivity contribution in [3.8, 4) is 0 Å². The molecule has 1 N–H and O–H groups in total. The molecular weight excluding hydrogens is 242 g/mol. The van der Waals surface area contributed by atoms with E-state index in [9.17, 15) is 5.11 Å². The molecule has 1 saturated carbocycles. The first-order valence-electron chi connectivity index (χ1n) is 6.79. The van der Waals surface area contributed by atoms with E-state index in [1.807, 2.05) is 0 Å². The Kier molecular flexibility index (Phi) is 3.64. The molecular formula is C15H21NOS. The Labute approximate surface area is 113 Å². The van der Waals surface area contributed by atoms with Crippen LogP contribution in [0.15, 0.2) is 29.2 Å². The molecule has 0 amide bonds. The fourth-order valence-corrected chi connectivity index (χ4v) is 3.93. The summed E-state index contributed by atoms with van der Waals surface area (Å²) in [4.78, 5) is 3.86. The average Bonchev–Trinajstić information content (AvgIpc) is 2.62. The van der Waals surface area contributed by atoms with Crippen LogP contribution in [0.4, 0.5) is 0 Å². The van der Waals surface area contributed by atoms with E-state index >= 15 is 0 Å². The topological polar surface area (TPSA) is 23.5 Å². The van der Waals surface area contributed by atoms with Gasteiger partial charge in [0.2, 0.25) is 0 Å². The maximum absolute atomic E-state index is 10.0. The lowest BCUT2D eigenvalue weighted by molar-refractivity contribution is 0.0138. The van der Waals surface area contributed by atoms with E-state index < -0.39 is 0 Å². The predicted molar refractivity (Wildman–Crippen MR) is 75.7 cm³/mol. The Morgan fingerprint density at radius 1 is 1.28 bits per heavy atom. The molecule has 1 aromatic rings. The van der Waals surface area contributed by atoms with Gasteiger partial charge in [-0.05, 0) is 48.6 Å². The van der Waals surface area contributed by atoms with Gasteiger partial charge in [0.05, 0.1) is 6.10 Å². The van der Waals surface area contributed by atoms with Crippen molar-refractivity contribution >= 4 is 11.8 Å². The highest BCUT2D eigenvalue weighted by Crippen LogP contribution is 2.37. The lowest BCUT2D eigenvalue weighted by atomic mass is 9.95. The summed E-state index contributed by atoms with van der Waals surface area (Å²) in [7, 11) is 0. The number of nitrogens with zero attached hydrogens (tertiary/aromatic N) is 1. The van der Waals surface area contributed by atoms with Crippen molar-refractivity contribution in [2.45, 2.75) is 30.4 Å². The van der Waals surface area contributed by atoms with Gasteiger partial charge in [0.1, 0.15) is 0 Å². The second kappa shape index (κ2) is 5.24. The van der Waals surface area contributed by atoms with Gasteiger partial charge >= 0.3 is 0 Å². The van der Waals surface area contributed by atoms with Crippen LogP contribution in [0.2, 0.25) is 0 Å². The molecule has 3 atom stereocenters. The van der Waals surface area contributed by atoms with Crippen molar-refractivity contribution in [3.05, 3.63) is 29.8 Å². The molecule has 1 heterocycles. The number of hydrogen-bond acceptors (Lipinski definition) is 3. The number of benzene rings is 1. The van der Waals surface area contributed by atoms with E-state index in [0.717, 1.165) is 19.6 Å². The van der Waals surface area contributed by atoms with Crippen LogP contribution in [0, 0.1) is 11.8 Å². The van der Waals surface area contributed by atoms with Crippen molar-refractivity contribution in [3.63, 3.8) is 0 Å².